The van der Waals surface area contributed by atoms with E-state index in [1.807, 2.05) is 0 Å². The van der Waals surface area contributed by atoms with Gasteiger partial charge in [0.25, 0.3) is 0 Å². The van der Waals surface area contributed by atoms with Gasteiger partial charge < -0.3 is 10.1 Å². The molecule has 1 fully saturated rings. The Labute approximate surface area is 128 Å². The molecule has 5 heteroatoms. The van der Waals surface area contributed by atoms with Crippen LogP contribution in [0.1, 0.15) is 32.2 Å². The Morgan fingerprint density at radius 3 is 2.86 bits per heavy atom. The van der Waals surface area contributed by atoms with E-state index in [1.54, 1.807) is 0 Å². The van der Waals surface area contributed by atoms with E-state index in [2.05, 4.69) is 53.8 Å². The molecule has 0 spiro atoms. The van der Waals surface area contributed by atoms with Gasteiger partial charge >= 0.3 is 0 Å². The van der Waals surface area contributed by atoms with Gasteiger partial charge in [-0.1, -0.05) is 13.8 Å². The van der Waals surface area contributed by atoms with Crippen molar-refractivity contribution in [2.24, 2.45) is 0 Å². The molecule has 2 rings (SSSR count). The maximum atomic E-state index is 6.04. The van der Waals surface area contributed by atoms with E-state index in [9.17, 15) is 0 Å². The third kappa shape index (κ3) is 4.28. The van der Waals surface area contributed by atoms with Crippen LogP contribution < -0.4 is 5.32 Å². The fourth-order valence-corrected chi connectivity index (χ4v) is 3.12. The summed E-state index contributed by atoms with van der Waals surface area (Å²) in [5, 5.41) is 8.17. The van der Waals surface area contributed by atoms with Gasteiger partial charge in [-0.15, -0.1) is 0 Å². The highest BCUT2D eigenvalue weighted by Crippen LogP contribution is 2.14. The van der Waals surface area contributed by atoms with Crippen molar-refractivity contribution in [3.8, 4) is 0 Å². The van der Waals surface area contributed by atoms with E-state index in [0.29, 0.717) is 6.04 Å². The van der Waals surface area contributed by atoms with Crippen LogP contribution >= 0.6 is 0 Å². The molecule has 0 amide bonds. The Kier molecular flexibility index (Phi) is 6.21. The Morgan fingerprint density at radius 2 is 2.19 bits per heavy atom. The number of ether oxygens (including phenoxy) is 1. The normalized spacial score (nSPS) is 21.6. The number of nitrogens with one attached hydrogen (secondary N) is 1. The van der Waals surface area contributed by atoms with E-state index in [1.165, 1.54) is 5.69 Å². The molecular weight excluding hydrogens is 264 g/mol. The summed E-state index contributed by atoms with van der Waals surface area (Å²) in [4.78, 5) is 2.47. The van der Waals surface area contributed by atoms with E-state index < -0.39 is 0 Å². The monoisotopic (exact) mass is 294 g/mol. The summed E-state index contributed by atoms with van der Waals surface area (Å²) in [6.07, 6.45) is 1.24. The first kappa shape index (κ1) is 16.5. The third-order valence-electron chi connectivity index (χ3n) is 4.25. The van der Waals surface area contributed by atoms with Gasteiger partial charge in [-0.3, -0.25) is 9.58 Å². The van der Waals surface area contributed by atoms with Gasteiger partial charge in [0.15, 0.2) is 0 Å². The lowest BCUT2D eigenvalue weighted by molar-refractivity contribution is -0.0447. The summed E-state index contributed by atoms with van der Waals surface area (Å²) < 4.78 is 8.15. The zero-order chi connectivity index (χ0) is 15.2. The Hall–Kier alpha value is -0.910. The highest BCUT2D eigenvalue weighted by molar-refractivity contribution is 5.11. The van der Waals surface area contributed by atoms with Crippen LogP contribution in [0.25, 0.3) is 0 Å². The highest BCUT2D eigenvalue weighted by atomic mass is 16.5. The van der Waals surface area contributed by atoms with E-state index in [4.69, 9.17) is 4.74 Å². The summed E-state index contributed by atoms with van der Waals surface area (Å²) in [6, 6.07) is 2.56. The standard InChI is InChI=1S/C16H30N4O/c1-5-17-15(16-12-19(6-2)8-9-21-16)11-14-10-13(4)18-20(14)7-3/h10,15-17H,5-9,11-12H2,1-4H3. The molecule has 120 valence electrons. The SMILES string of the molecule is CCNC(Cc1cc(C)nn1CC)C1CN(CC)CCO1. The maximum absolute atomic E-state index is 6.04. The number of nitrogens with zero attached hydrogens (tertiary/aromatic N) is 3. The molecule has 0 aliphatic carbocycles. The molecule has 21 heavy (non-hydrogen) atoms. The van der Waals surface area contributed by atoms with Crippen molar-refractivity contribution in [2.75, 3.05) is 32.8 Å². The lowest BCUT2D eigenvalue weighted by Crippen LogP contribution is -2.53. The fraction of sp³-hybridized carbons (Fsp3) is 0.812. The summed E-state index contributed by atoms with van der Waals surface area (Å²) in [5.74, 6) is 0. The number of rotatable bonds is 7. The first-order chi connectivity index (χ1) is 10.2. The van der Waals surface area contributed by atoms with Gasteiger partial charge in [0.1, 0.15) is 0 Å². The summed E-state index contributed by atoms with van der Waals surface area (Å²) >= 11 is 0. The van der Waals surface area contributed by atoms with Crippen LogP contribution in [-0.2, 0) is 17.7 Å². The molecule has 0 radical (unpaired) electrons. The second-order valence-corrected chi connectivity index (χ2v) is 5.76. The summed E-state index contributed by atoms with van der Waals surface area (Å²) in [5.41, 5.74) is 2.40. The molecule has 1 aromatic heterocycles. The lowest BCUT2D eigenvalue weighted by Gasteiger charge is -2.37. The number of hydrogen-bond donors (Lipinski definition) is 1. The number of aromatic nitrogens is 2. The minimum absolute atomic E-state index is 0.263. The van der Waals surface area contributed by atoms with Gasteiger partial charge in [0.05, 0.1) is 18.4 Å². The highest BCUT2D eigenvalue weighted by Gasteiger charge is 2.28. The molecule has 0 saturated carbocycles. The molecule has 1 aliphatic rings. The molecule has 2 heterocycles. The van der Waals surface area contributed by atoms with Crippen molar-refractivity contribution < 1.29 is 4.74 Å². The topological polar surface area (TPSA) is 42.3 Å². The predicted molar refractivity (Wildman–Crippen MR) is 85.7 cm³/mol. The van der Waals surface area contributed by atoms with Gasteiger partial charge in [-0.25, -0.2) is 0 Å². The molecule has 0 bridgehead atoms. The van der Waals surface area contributed by atoms with Gasteiger partial charge in [0, 0.05) is 37.8 Å². The second-order valence-electron chi connectivity index (χ2n) is 5.76. The van der Waals surface area contributed by atoms with Crippen molar-refractivity contribution >= 4 is 0 Å². The first-order valence-corrected chi connectivity index (χ1v) is 8.28. The van der Waals surface area contributed by atoms with E-state index in [-0.39, 0.29) is 6.10 Å². The number of aryl methyl sites for hydroxylation is 2. The fourth-order valence-electron chi connectivity index (χ4n) is 3.12. The van der Waals surface area contributed by atoms with E-state index in [0.717, 1.165) is 51.4 Å². The Morgan fingerprint density at radius 1 is 1.38 bits per heavy atom. The third-order valence-corrected chi connectivity index (χ3v) is 4.25. The Balaban J connectivity index is 2.07. The molecule has 1 N–H and O–H groups in total. The molecular formula is C16H30N4O. The maximum Gasteiger partial charge on any atom is 0.0859 e. The molecule has 1 aliphatic heterocycles. The molecule has 2 atom stereocenters. The summed E-state index contributed by atoms with van der Waals surface area (Å²) in [6.45, 7) is 14.5. The van der Waals surface area contributed by atoms with Gasteiger partial charge in [0.2, 0.25) is 0 Å². The van der Waals surface area contributed by atoms with Crippen LogP contribution in [0.4, 0.5) is 0 Å². The molecule has 1 aromatic rings. The van der Waals surface area contributed by atoms with Crippen LogP contribution in [-0.4, -0.2) is 59.6 Å². The lowest BCUT2D eigenvalue weighted by atomic mass is 10.0. The smallest absolute Gasteiger partial charge is 0.0859 e. The molecule has 2 unspecified atom stereocenters. The van der Waals surface area contributed by atoms with Crippen LogP contribution in [0.3, 0.4) is 0 Å². The minimum Gasteiger partial charge on any atom is -0.374 e. The van der Waals surface area contributed by atoms with Crippen LogP contribution in [0.2, 0.25) is 0 Å². The summed E-state index contributed by atoms with van der Waals surface area (Å²) in [7, 11) is 0. The number of hydrogen-bond acceptors (Lipinski definition) is 4. The van der Waals surface area contributed by atoms with Crippen molar-refractivity contribution in [2.45, 2.75) is 52.8 Å². The zero-order valence-electron chi connectivity index (χ0n) is 13.9. The second kappa shape index (κ2) is 7.92. The average Bonchev–Trinajstić information content (AvgIpc) is 2.86. The zero-order valence-corrected chi connectivity index (χ0v) is 13.9. The molecule has 1 saturated heterocycles. The average molecular weight is 294 g/mol. The van der Waals surface area contributed by atoms with Gasteiger partial charge in [-0.05, 0) is 33.0 Å². The number of morpholine rings is 1. The van der Waals surface area contributed by atoms with Crippen LogP contribution in [0.5, 0.6) is 0 Å². The predicted octanol–water partition coefficient (Wildman–Crippen LogP) is 1.45. The quantitative estimate of drug-likeness (QED) is 0.826. The van der Waals surface area contributed by atoms with Crippen LogP contribution in [0, 0.1) is 6.92 Å². The van der Waals surface area contributed by atoms with Crippen molar-refractivity contribution in [1.82, 2.24) is 20.0 Å². The van der Waals surface area contributed by atoms with Crippen molar-refractivity contribution in [3.05, 3.63) is 17.5 Å². The van der Waals surface area contributed by atoms with E-state index >= 15 is 0 Å². The molecule has 0 aromatic carbocycles. The van der Waals surface area contributed by atoms with Crippen molar-refractivity contribution in [3.63, 3.8) is 0 Å². The molecule has 5 nitrogen and oxygen atoms in total. The Bertz CT molecular complexity index is 432. The first-order valence-electron chi connectivity index (χ1n) is 8.28. The van der Waals surface area contributed by atoms with Crippen molar-refractivity contribution in [1.29, 1.82) is 0 Å². The van der Waals surface area contributed by atoms with Gasteiger partial charge in [-0.2, -0.15) is 5.10 Å². The number of likely N-dealkylation sites (N-methyl/N-ethyl adjacent to an activating group) is 2. The van der Waals surface area contributed by atoms with Crippen LogP contribution in [0.15, 0.2) is 6.07 Å². The largest absolute Gasteiger partial charge is 0.374 e. The minimum atomic E-state index is 0.263.